The first-order valence-electron chi connectivity index (χ1n) is 6.06. The van der Waals surface area contributed by atoms with Gasteiger partial charge in [0.25, 0.3) is 0 Å². The van der Waals surface area contributed by atoms with E-state index in [1.165, 1.54) is 0 Å². The zero-order valence-electron chi connectivity index (χ0n) is 10.1. The maximum absolute atomic E-state index is 7.53. The van der Waals surface area contributed by atoms with Gasteiger partial charge in [-0.2, -0.15) is 0 Å². The lowest BCUT2D eigenvalue weighted by molar-refractivity contribution is 0.196. The van der Waals surface area contributed by atoms with E-state index in [9.17, 15) is 0 Å². The van der Waals surface area contributed by atoms with Crippen molar-refractivity contribution >= 4 is 29.0 Å². The number of piperidine rings is 1. The van der Waals surface area contributed by atoms with Gasteiger partial charge in [-0.1, -0.05) is 29.3 Å². The van der Waals surface area contributed by atoms with Crippen molar-refractivity contribution < 1.29 is 0 Å². The molecular formula is C13H17Cl2N3. The summed E-state index contributed by atoms with van der Waals surface area (Å²) in [6.45, 7) is 2.74. The Labute approximate surface area is 117 Å². The van der Waals surface area contributed by atoms with Crippen LogP contribution in [0.3, 0.4) is 0 Å². The molecule has 1 atom stereocenters. The molecule has 1 aliphatic rings. The van der Waals surface area contributed by atoms with E-state index in [1.807, 2.05) is 18.2 Å². The molecule has 0 radical (unpaired) electrons. The summed E-state index contributed by atoms with van der Waals surface area (Å²) in [5, 5.41) is 8.71. The summed E-state index contributed by atoms with van der Waals surface area (Å²) in [4.78, 5) is 2.31. The normalized spacial score (nSPS) is 20.9. The number of halogens is 2. The van der Waals surface area contributed by atoms with E-state index >= 15 is 0 Å². The van der Waals surface area contributed by atoms with Crippen molar-refractivity contribution in [2.24, 2.45) is 11.7 Å². The number of amidine groups is 1. The Morgan fingerprint density at radius 1 is 1.39 bits per heavy atom. The zero-order valence-corrected chi connectivity index (χ0v) is 11.6. The maximum atomic E-state index is 7.53. The van der Waals surface area contributed by atoms with Crippen molar-refractivity contribution in [3.63, 3.8) is 0 Å². The summed E-state index contributed by atoms with van der Waals surface area (Å²) in [6, 6.07) is 5.72. The summed E-state index contributed by atoms with van der Waals surface area (Å²) in [7, 11) is 0. The van der Waals surface area contributed by atoms with Crippen LogP contribution in [0.1, 0.15) is 18.4 Å². The first-order chi connectivity index (χ1) is 8.56. The van der Waals surface area contributed by atoms with Gasteiger partial charge in [0.1, 0.15) is 0 Å². The van der Waals surface area contributed by atoms with Crippen molar-refractivity contribution in [3.8, 4) is 0 Å². The molecule has 0 saturated carbocycles. The molecule has 1 aromatic rings. The van der Waals surface area contributed by atoms with Crippen LogP contribution in [0, 0.1) is 11.3 Å². The minimum absolute atomic E-state index is 0.196. The first kappa shape index (κ1) is 13.7. The number of hydrogen-bond acceptors (Lipinski definition) is 2. The molecular weight excluding hydrogens is 269 g/mol. The van der Waals surface area contributed by atoms with Gasteiger partial charge in [0, 0.05) is 19.0 Å². The van der Waals surface area contributed by atoms with Crippen molar-refractivity contribution in [2.75, 3.05) is 13.1 Å². The number of hydrogen-bond donors (Lipinski definition) is 2. The van der Waals surface area contributed by atoms with Crippen LogP contribution in [0.15, 0.2) is 18.2 Å². The molecule has 0 spiro atoms. The highest BCUT2D eigenvalue weighted by Crippen LogP contribution is 2.24. The summed E-state index contributed by atoms with van der Waals surface area (Å²) >= 11 is 11.9. The van der Waals surface area contributed by atoms with E-state index in [-0.39, 0.29) is 5.92 Å². The minimum atomic E-state index is 0.196. The molecule has 0 bridgehead atoms. The Kier molecular flexibility index (Phi) is 4.49. The summed E-state index contributed by atoms with van der Waals surface area (Å²) < 4.78 is 0. The number of benzene rings is 1. The average Bonchev–Trinajstić information content (AvgIpc) is 2.34. The standard InChI is InChI=1S/C13H17Cl2N3/c14-11-4-3-9(6-12(11)15)7-18-5-1-2-10(8-18)13(16)17/h3-4,6,10H,1-2,5,7-8H2,(H3,16,17). The molecule has 98 valence electrons. The molecule has 3 N–H and O–H groups in total. The second-order valence-electron chi connectivity index (χ2n) is 4.78. The summed E-state index contributed by atoms with van der Waals surface area (Å²) in [5.74, 6) is 0.496. The number of nitrogens with one attached hydrogen (secondary N) is 1. The van der Waals surface area contributed by atoms with Crippen LogP contribution in [0.2, 0.25) is 10.0 Å². The zero-order chi connectivity index (χ0) is 13.1. The fourth-order valence-electron chi connectivity index (χ4n) is 2.35. The van der Waals surface area contributed by atoms with E-state index < -0.39 is 0 Å². The monoisotopic (exact) mass is 285 g/mol. The lowest BCUT2D eigenvalue weighted by atomic mass is 9.96. The maximum Gasteiger partial charge on any atom is 0.0949 e. The van der Waals surface area contributed by atoms with Gasteiger partial charge in [0.05, 0.1) is 15.9 Å². The number of rotatable bonds is 3. The fourth-order valence-corrected chi connectivity index (χ4v) is 2.67. The fraction of sp³-hybridized carbons (Fsp3) is 0.462. The Hall–Kier alpha value is -0.770. The topological polar surface area (TPSA) is 53.1 Å². The Bertz CT molecular complexity index is 448. The largest absolute Gasteiger partial charge is 0.387 e. The molecule has 1 fully saturated rings. The molecule has 0 aliphatic carbocycles. The van der Waals surface area contributed by atoms with E-state index in [0.717, 1.165) is 38.0 Å². The van der Waals surface area contributed by atoms with Gasteiger partial charge in [0.2, 0.25) is 0 Å². The number of likely N-dealkylation sites (tertiary alicyclic amines) is 1. The Morgan fingerprint density at radius 2 is 2.17 bits per heavy atom. The molecule has 18 heavy (non-hydrogen) atoms. The average molecular weight is 286 g/mol. The molecule has 3 nitrogen and oxygen atoms in total. The highest BCUT2D eigenvalue weighted by molar-refractivity contribution is 6.42. The molecule has 2 rings (SSSR count). The van der Waals surface area contributed by atoms with Crippen LogP contribution in [-0.4, -0.2) is 23.8 Å². The van der Waals surface area contributed by atoms with Gasteiger partial charge in [-0.3, -0.25) is 10.3 Å². The van der Waals surface area contributed by atoms with Gasteiger partial charge < -0.3 is 5.73 Å². The molecule has 1 saturated heterocycles. The van der Waals surface area contributed by atoms with Gasteiger partial charge in [-0.05, 0) is 37.1 Å². The van der Waals surface area contributed by atoms with Crippen molar-refractivity contribution in [3.05, 3.63) is 33.8 Å². The van der Waals surface area contributed by atoms with Crippen LogP contribution in [-0.2, 0) is 6.54 Å². The number of nitrogens with two attached hydrogens (primary N) is 1. The second-order valence-corrected chi connectivity index (χ2v) is 5.59. The molecule has 0 amide bonds. The van der Waals surface area contributed by atoms with Crippen LogP contribution >= 0.6 is 23.2 Å². The number of nitrogens with zero attached hydrogens (tertiary/aromatic N) is 1. The van der Waals surface area contributed by atoms with Gasteiger partial charge in [-0.15, -0.1) is 0 Å². The highest BCUT2D eigenvalue weighted by atomic mass is 35.5. The molecule has 1 heterocycles. The Balaban J connectivity index is 2.00. The third-order valence-electron chi connectivity index (χ3n) is 3.34. The van der Waals surface area contributed by atoms with E-state index in [1.54, 1.807) is 0 Å². The predicted octanol–water partition coefficient (Wildman–Crippen LogP) is 3.14. The quantitative estimate of drug-likeness (QED) is 0.662. The SMILES string of the molecule is N=C(N)C1CCCN(Cc2ccc(Cl)c(Cl)c2)C1. The summed E-state index contributed by atoms with van der Waals surface area (Å²) in [6.07, 6.45) is 2.11. The third kappa shape index (κ3) is 3.37. The Morgan fingerprint density at radius 3 is 2.83 bits per heavy atom. The van der Waals surface area contributed by atoms with Crippen molar-refractivity contribution in [1.82, 2.24) is 4.90 Å². The molecule has 1 aliphatic heterocycles. The van der Waals surface area contributed by atoms with Crippen LogP contribution in [0.25, 0.3) is 0 Å². The van der Waals surface area contributed by atoms with Crippen LogP contribution in [0.4, 0.5) is 0 Å². The lowest BCUT2D eigenvalue weighted by Crippen LogP contribution is -2.40. The van der Waals surface area contributed by atoms with Crippen molar-refractivity contribution in [2.45, 2.75) is 19.4 Å². The minimum Gasteiger partial charge on any atom is -0.387 e. The van der Waals surface area contributed by atoms with Crippen LogP contribution in [0.5, 0.6) is 0 Å². The van der Waals surface area contributed by atoms with E-state index in [2.05, 4.69) is 4.90 Å². The molecule has 1 unspecified atom stereocenters. The summed E-state index contributed by atoms with van der Waals surface area (Å²) in [5.41, 5.74) is 6.73. The molecule has 0 aromatic heterocycles. The van der Waals surface area contributed by atoms with Gasteiger partial charge >= 0.3 is 0 Å². The molecule has 5 heteroatoms. The second kappa shape index (κ2) is 5.91. The van der Waals surface area contributed by atoms with E-state index in [4.69, 9.17) is 34.3 Å². The third-order valence-corrected chi connectivity index (χ3v) is 4.07. The highest BCUT2D eigenvalue weighted by Gasteiger charge is 2.21. The first-order valence-corrected chi connectivity index (χ1v) is 6.82. The smallest absolute Gasteiger partial charge is 0.0949 e. The molecule has 1 aromatic carbocycles. The van der Waals surface area contributed by atoms with Gasteiger partial charge in [-0.25, -0.2) is 0 Å². The van der Waals surface area contributed by atoms with Crippen molar-refractivity contribution in [1.29, 1.82) is 5.41 Å². The van der Waals surface area contributed by atoms with E-state index in [0.29, 0.717) is 15.9 Å². The lowest BCUT2D eigenvalue weighted by Gasteiger charge is -2.32. The van der Waals surface area contributed by atoms with Gasteiger partial charge in [0.15, 0.2) is 0 Å². The van der Waals surface area contributed by atoms with Crippen LogP contribution < -0.4 is 5.73 Å². The predicted molar refractivity (Wildman–Crippen MR) is 76.4 cm³/mol.